The van der Waals surface area contributed by atoms with Crippen molar-refractivity contribution in [1.82, 2.24) is 5.32 Å². The zero-order valence-corrected chi connectivity index (χ0v) is 14.3. The third kappa shape index (κ3) is 4.29. The van der Waals surface area contributed by atoms with Crippen LogP contribution in [0.1, 0.15) is 44.6 Å². The summed E-state index contributed by atoms with van der Waals surface area (Å²) in [4.78, 5) is 0. The molecule has 2 saturated carbocycles. The van der Waals surface area contributed by atoms with Gasteiger partial charge < -0.3 is 5.32 Å². The lowest BCUT2D eigenvalue weighted by Gasteiger charge is -2.35. The molecular formula is C18H25BrFN. The van der Waals surface area contributed by atoms with E-state index in [1.807, 2.05) is 12.1 Å². The molecule has 2 aliphatic carbocycles. The Bertz CT molecular complexity index is 486. The van der Waals surface area contributed by atoms with Gasteiger partial charge in [-0.15, -0.1) is 0 Å². The Morgan fingerprint density at radius 1 is 1.19 bits per heavy atom. The highest BCUT2D eigenvalue weighted by atomic mass is 79.9. The summed E-state index contributed by atoms with van der Waals surface area (Å²) in [7, 11) is 0. The zero-order chi connectivity index (χ0) is 14.8. The van der Waals surface area contributed by atoms with Gasteiger partial charge in [0.25, 0.3) is 0 Å². The van der Waals surface area contributed by atoms with Crippen LogP contribution in [0, 0.1) is 23.6 Å². The summed E-state index contributed by atoms with van der Waals surface area (Å²) in [6.45, 7) is 3.54. The van der Waals surface area contributed by atoms with Crippen molar-refractivity contribution in [3.8, 4) is 0 Å². The molecule has 116 valence electrons. The maximum atomic E-state index is 13.4. The van der Waals surface area contributed by atoms with E-state index in [1.54, 1.807) is 6.07 Å². The highest BCUT2D eigenvalue weighted by molar-refractivity contribution is 9.10. The molecule has 3 unspecified atom stereocenters. The molecule has 1 aromatic rings. The molecule has 0 aromatic heterocycles. The van der Waals surface area contributed by atoms with Gasteiger partial charge in [-0.3, -0.25) is 0 Å². The molecule has 1 nitrogen and oxygen atoms in total. The molecule has 0 aliphatic heterocycles. The smallest absolute Gasteiger partial charge is 0.137 e. The van der Waals surface area contributed by atoms with Crippen LogP contribution in [0.2, 0.25) is 0 Å². The third-order valence-corrected chi connectivity index (χ3v) is 5.74. The van der Waals surface area contributed by atoms with E-state index in [1.165, 1.54) is 44.2 Å². The van der Waals surface area contributed by atoms with Crippen LogP contribution in [0.4, 0.5) is 4.39 Å². The Hall–Kier alpha value is -0.410. The molecule has 3 heteroatoms. The molecule has 0 spiro atoms. The van der Waals surface area contributed by atoms with Crippen LogP contribution >= 0.6 is 15.9 Å². The van der Waals surface area contributed by atoms with Crippen molar-refractivity contribution in [2.45, 2.75) is 51.5 Å². The van der Waals surface area contributed by atoms with Crippen LogP contribution in [0.15, 0.2) is 22.7 Å². The predicted octanol–water partition coefficient (Wildman–Crippen LogP) is 4.94. The Kier molecular flexibility index (Phi) is 5.00. The minimum Gasteiger partial charge on any atom is -0.314 e. The van der Waals surface area contributed by atoms with E-state index in [0.29, 0.717) is 4.47 Å². The summed E-state index contributed by atoms with van der Waals surface area (Å²) in [6, 6.07) is 6.29. The van der Waals surface area contributed by atoms with Gasteiger partial charge >= 0.3 is 0 Å². The Labute approximate surface area is 135 Å². The number of halogens is 2. The summed E-state index contributed by atoms with van der Waals surface area (Å²) < 4.78 is 14.0. The van der Waals surface area contributed by atoms with E-state index >= 15 is 0 Å². The molecule has 1 aromatic carbocycles. The average molecular weight is 354 g/mol. The van der Waals surface area contributed by atoms with Crippen LogP contribution in [0.3, 0.4) is 0 Å². The summed E-state index contributed by atoms with van der Waals surface area (Å²) >= 11 is 3.31. The second kappa shape index (κ2) is 6.78. The second-order valence-corrected chi connectivity index (χ2v) is 7.93. The van der Waals surface area contributed by atoms with Crippen LogP contribution in [0.25, 0.3) is 0 Å². The molecule has 0 bridgehead atoms. The van der Waals surface area contributed by atoms with Crippen molar-refractivity contribution < 1.29 is 4.39 Å². The summed E-state index contributed by atoms with van der Waals surface area (Å²) in [6.07, 6.45) is 7.82. The van der Waals surface area contributed by atoms with Gasteiger partial charge in [-0.05, 0) is 90.0 Å². The highest BCUT2D eigenvalue weighted by Gasteiger charge is 2.30. The molecular weight excluding hydrogens is 329 g/mol. The number of hydrogen-bond donors (Lipinski definition) is 1. The van der Waals surface area contributed by atoms with Gasteiger partial charge in [0.1, 0.15) is 5.82 Å². The van der Waals surface area contributed by atoms with E-state index in [-0.39, 0.29) is 5.82 Å². The van der Waals surface area contributed by atoms with Crippen molar-refractivity contribution in [1.29, 1.82) is 0 Å². The quantitative estimate of drug-likeness (QED) is 0.790. The van der Waals surface area contributed by atoms with Crippen LogP contribution in [-0.2, 0) is 6.42 Å². The van der Waals surface area contributed by atoms with Gasteiger partial charge in [0, 0.05) is 6.04 Å². The van der Waals surface area contributed by atoms with E-state index < -0.39 is 0 Å². The standard InChI is InChI=1S/C18H25BrFN/c1-12-2-4-14(11-21-16-5-6-16)15(8-12)9-13-3-7-18(20)17(19)10-13/h3,7,10,12,14-16,21H,2,4-6,8-9,11H2,1H3. The molecule has 2 aliphatic rings. The first-order valence-electron chi connectivity index (χ1n) is 8.29. The largest absolute Gasteiger partial charge is 0.314 e. The van der Waals surface area contributed by atoms with E-state index in [9.17, 15) is 4.39 Å². The fourth-order valence-electron chi connectivity index (χ4n) is 3.66. The second-order valence-electron chi connectivity index (χ2n) is 7.07. The van der Waals surface area contributed by atoms with Gasteiger partial charge in [0.15, 0.2) is 0 Å². The molecule has 0 amide bonds. The SMILES string of the molecule is CC1CCC(CNC2CC2)C(Cc2ccc(F)c(Br)c2)C1. The van der Waals surface area contributed by atoms with Crippen LogP contribution in [-0.4, -0.2) is 12.6 Å². The van der Waals surface area contributed by atoms with E-state index in [2.05, 4.69) is 28.2 Å². The lowest BCUT2D eigenvalue weighted by Crippen LogP contribution is -2.34. The summed E-state index contributed by atoms with van der Waals surface area (Å²) in [5.74, 6) is 2.18. The van der Waals surface area contributed by atoms with Gasteiger partial charge in [-0.1, -0.05) is 19.4 Å². The van der Waals surface area contributed by atoms with E-state index in [4.69, 9.17) is 0 Å². The predicted molar refractivity (Wildman–Crippen MR) is 88.8 cm³/mol. The van der Waals surface area contributed by atoms with Gasteiger partial charge in [0.05, 0.1) is 4.47 Å². The molecule has 3 rings (SSSR count). The monoisotopic (exact) mass is 353 g/mol. The molecule has 21 heavy (non-hydrogen) atoms. The van der Waals surface area contributed by atoms with Crippen molar-refractivity contribution in [3.63, 3.8) is 0 Å². The number of hydrogen-bond acceptors (Lipinski definition) is 1. The average Bonchev–Trinajstić information content (AvgIpc) is 3.26. The van der Waals surface area contributed by atoms with Gasteiger partial charge in [-0.2, -0.15) is 0 Å². The zero-order valence-electron chi connectivity index (χ0n) is 12.7. The third-order valence-electron chi connectivity index (χ3n) is 5.13. The Morgan fingerprint density at radius 2 is 2.00 bits per heavy atom. The minimum atomic E-state index is -0.164. The Balaban J connectivity index is 1.64. The molecule has 0 saturated heterocycles. The highest BCUT2D eigenvalue weighted by Crippen LogP contribution is 2.36. The first-order chi connectivity index (χ1) is 10.1. The Morgan fingerprint density at radius 3 is 2.71 bits per heavy atom. The first-order valence-corrected chi connectivity index (χ1v) is 9.08. The normalized spacial score (nSPS) is 29.6. The molecule has 0 heterocycles. The maximum Gasteiger partial charge on any atom is 0.137 e. The fraction of sp³-hybridized carbons (Fsp3) is 0.667. The van der Waals surface area contributed by atoms with Gasteiger partial charge in [-0.25, -0.2) is 4.39 Å². The topological polar surface area (TPSA) is 12.0 Å². The molecule has 3 atom stereocenters. The van der Waals surface area contributed by atoms with Crippen molar-refractivity contribution in [2.24, 2.45) is 17.8 Å². The lowest BCUT2D eigenvalue weighted by atomic mass is 9.72. The molecule has 1 N–H and O–H groups in total. The molecule has 2 fully saturated rings. The fourth-order valence-corrected chi connectivity index (χ4v) is 4.08. The number of rotatable bonds is 5. The number of benzene rings is 1. The summed E-state index contributed by atoms with van der Waals surface area (Å²) in [5.41, 5.74) is 1.26. The lowest BCUT2D eigenvalue weighted by molar-refractivity contribution is 0.183. The van der Waals surface area contributed by atoms with Gasteiger partial charge in [0.2, 0.25) is 0 Å². The van der Waals surface area contributed by atoms with Crippen LogP contribution < -0.4 is 5.32 Å². The first kappa shape index (κ1) is 15.5. The summed E-state index contributed by atoms with van der Waals surface area (Å²) in [5, 5.41) is 3.71. The molecule has 0 radical (unpaired) electrons. The van der Waals surface area contributed by atoms with Crippen molar-refractivity contribution in [2.75, 3.05) is 6.54 Å². The van der Waals surface area contributed by atoms with E-state index in [0.717, 1.165) is 30.2 Å². The van der Waals surface area contributed by atoms with Crippen molar-refractivity contribution in [3.05, 3.63) is 34.1 Å². The number of nitrogens with one attached hydrogen (secondary N) is 1. The van der Waals surface area contributed by atoms with Crippen molar-refractivity contribution >= 4 is 15.9 Å². The maximum absolute atomic E-state index is 13.4. The minimum absolute atomic E-state index is 0.164. The van der Waals surface area contributed by atoms with Crippen LogP contribution in [0.5, 0.6) is 0 Å².